The fourth-order valence-electron chi connectivity index (χ4n) is 3.49. The third kappa shape index (κ3) is 4.66. The van der Waals surface area contributed by atoms with Crippen molar-refractivity contribution < 1.29 is 14.3 Å². The highest BCUT2D eigenvalue weighted by Crippen LogP contribution is 2.19. The maximum Gasteiger partial charge on any atom is 0.274 e. The van der Waals surface area contributed by atoms with E-state index in [1.54, 1.807) is 17.9 Å². The Morgan fingerprint density at radius 3 is 2.45 bits per heavy atom. The molecule has 0 N–H and O–H groups in total. The molecule has 6 heteroatoms. The van der Waals surface area contributed by atoms with E-state index in [2.05, 4.69) is 17.2 Å². The van der Waals surface area contributed by atoms with Crippen LogP contribution in [-0.4, -0.2) is 46.9 Å². The van der Waals surface area contributed by atoms with E-state index in [4.69, 9.17) is 9.47 Å². The van der Waals surface area contributed by atoms with Crippen LogP contribution < -0.4 is 4.74 Å². The highest BCUT2D eigenvalue weighted by Gasteiger charge is 2.25. The summed E-state index contributed by atoms with van der Waals surface area (Å²) in [5.41, 5.74) is 2.53. The molecule has 29 heavy (non-hydrogen) atoms. The minimum absolute atomic E-state index is 0.0289. The molecule has 1 saturated heterocycles. The third-order valence-electron chi connectivity index (χ3n) is 5.20. The standard InChI is InChI=1S/C23H25N3O3/c1-28-20-9-7-19(8-10-20)26-16-13-22(24-26)23(27)25-14-11-21(12-15-25)29-17-18-5-3-2-4-6-18/h2-10,13,16,21H,11-12,14-15,17H2,1H3. The van der Waals surface area contributed by atoms with Gasteiger partial charge in [-0.15, -0.1) is 0 Å². The molecule has 1 aromatic heterocycles. The molecule has 0 atom stereocenters. The number of methoxy groups -OCH3 is 1. The topological polar surface area (TPSA) is 56.6 Å². The Bertz CT molecular complexity index is 930. The molecule has 1 aliphatic rings. The molecule has 0 bridgehead atoms. The molecule has 1 amide bonds. The molecule has 1 aliphatic heterocycles. The summed E-state index contributed by atoms with van der Waals surface area (Å²) in [5, 5.41) is 4.46. The minimum atomic E-state index is -0.0289. The van der Waals surface area contributed by atoms with E-state index >= 15 is 0 Å². The summed E-state index contributed by atoms with van der Waals surface area (Å²) in [6.07, 6.45) is 3.69. The van der Waals surface area contributed by atoms with Gasteiger partial charge in [-0.25, -0.2) is 4.68 Å². The van der Waals surface area contributed by atoms with Gasteiger partial charge in [-0.2, -0.15) is 5.10 Å². The summed E-state index contributed by atoms with van der Waals surface area (Å²) in [4.78, 5) is 14.7. The van der Waals surface area contributed by atoms with E-state index in [1.165, 1.54) is 5.56 Å². The van der Waals surface area contributed by atoms with E-state index in [9.17, 15) is 4.79 Å². The van der Waals surface area contributed by atoms with E-state index < -0.39 is 0 Å². The second-order valence-electron chi connectivity index (χ2n) is 7.13. The average Bonchev–Trinajstić information content (AvgIpc) is 3.29. The van der Waals surface area contributed by atoms with Gasteiger partial charge in [0.15, 0.2) is 5.69 Å². The summed E-state index contributed by atoms with van der Waals surface area (Å²) >= 11 is 0. The van der Waals surface area contributed by atoms with Crippen LogP contribution in [0.4, 0.5) is 0 Å². The van der Waals surface area contributed by atoms with Crippen molar-refractivity contribution in [2.45, 2.75) is 25.6 Å². The third-order valence-corrected chi connectivity index (χ3v) is 5.20. The molecule has 150 valence electrons. The van der Waals surface area contributed by atoms with Crippen LogP contribution >= 0.6 is 0 Å². The summed E-state index contributed by atoms with van der Waals surface area (Å²) < 4.78 is 12.9. The van der Waals surface area contributed by atoms with Crippen molar-refractivity contribution in [3.05, 3.63) is 78.1 Å². The largest absolute Gasteiger partial charge is 0.497 e. The quantitative estimate of drug-likeness (QED) is 0.643. The first kappa shape index (κ1) is 19.2. The lowest BCUT2D eigenvalue weighted by Gasteiger charge is -2.31. The van der Waals surface area contributed by atoms with E-state index in [-0.39, 0.29) is 12.0 Å². The van der Waals surface area contributed by atoms with Crippen LogP contribution in [0.2, 0.25) is 0 Å². The molecule has 0 spiro atoms. The van der Waals surface area contributed by atoms with Crippen molar-refractivity contribution in [3.8, 4) is 11.4 Å². The number of carbonyl (C=O) groups is 1. The van der Waals surface area contributed by atoms with Gasteiger partial charge in [-0.3, -0.25) is 4.79 Å². The zero-order chi connectivity index (χ0) is 20.1. The molecule has 0 unspecified atom stereocenters. The normalized spacial score (nSPS) is 14.7. The molecular formula is C23H25N3O3. The first-order valence-electron chi connectivity index (χ1n) is 9.88. The predicted octanol–water partition coefficient (Wildman–Crippen LogP) is 3.70. The van der Waals surface area contributed by atoms with Crippen molar-refractivity contribution in [2.24, 2.45) is 0 Å². The first-order chi connectivity index (χ1) is 14.2. The molecule has 0 radical (unpaired) electrons. The van der Waals surface area contributed by atoms with Crippen LogP contribution in [0, 0.1) is 0 Å². The van der Waals surface area contributed by atoms with Crippen LogP contribution in [0.5, 0.6) is 5.75 Å². The number of aromatic nitrogens is 2. The number of carbonyl (C=O) groups excluding carboxylic acids is 1. The second-order valence-corrected chi connectivity index (χ2v) is 7.13. The lowest BCUT2D eigenvalue weighted by Crippen LogP contribution is -2.41. The van der Waals surface area contributed by atoms with Crippen molar-refractivity contribution in [1.29, 1.82) is 0 Å². The highest BCUT2D eigenvalue weighted by molar-refractivity contribution is 5.92. The van der Waals surface area contributed by atoms with Gasteiger partial charge < -0.3 is 14.4 Å². The molecule has 3 aromatic rings. The van der Waals surface area contributed by atoms with Gasteiger partial charge in [-0.1, -0.05) is 30.3 Å². The van der Waals surface area contributed by atoms with Gasteiger partial charge in [0.1, 0.15) is 5.75 Å². The Hall–Kier alpha value is -3.12. The van der Waals surface area contributed by atoms with Gasteiger partial charge in [0.05, 0.1) is 25.5 Å². The SMILES string of the molecule is COc1ccc(-n2ccc(C(=O)N3CCC(OCc4ccccc4)CC3)n2)cc1. The Labute approximate surface area is 170 Å². The van der Waals surface area contributed by atoms with E-state index in [0.717, 1.165) is 24.3 Å². The summed E-state index contributed by atoms with van der Waals surface area (Å²) in [5.74, 6) is 0.758. The number of piperidine rings is 1. The van der Waals surface area contributed by atoms with Gasteiger partial charge in [0, 0.05) is 19.3 Å². The van der Waals surface area contributed by atoms with Crippen LogP contribution in [0.3, 0.4) is 0 Å². The van der Waals surface area contributed by atoms with Crippen molar-refractivity contribution in [2.75, 3.05) is 20.2 Å². The molecule has 2 aromatic carbocycles. The Balaban J connectivity index is 1.31. The molecule has 2 heterocycles. The van der Waals surface area contributed by atoms with E-state index in [0.29, 0.717) is 25.4 Å². The average molecular weight is 391 g/mol. The Morgan fingerprint density at radius 1 is 1.03 bits per heavy atom. The maximum atomic E-state index is 12.8. The number of ether oxygens (including phenoxy) is 2. The smallest absolute Gasteiger partial charge is 0.274 e. The molecule has 1 fully saturated rings. The first-order valence-corrected chi connectivity index (χ1v) is 9.88. The van der Waals surface area contributed by atoms with Gasteiger partial charge in [0.25, 0.3) is 5.91 Å². The summed E-state index contributed by atoms with van der Waals surface area (Å²) in [6, 6.07) is 19.5. The number of nitrogens with zero attached hydrogens (tertiary/aromatic N) is 3. The monoisotopic (exact) mass is 391 g/mol. The van der Waals surface area contributed by atoms with Gasteiger partial charge >= 0.3 is 0 Å². The fourth-order valence-corrected chi connectivity index (χ4v) is 3.49. The minimum Gasteiger partial charge on any atom is -0.497 e. The highest BCUT2D eigenvalue weighted by atomic mass is 16.5. The lowest BCUT2D eigenvalue weighted by atomic mass is 10.1. The molecule has 6 nitrogen and oxygen atoms in total. The van der Waals surface area contributed by atoms with Crippen LogP contribution in [0.25, 0.3) is 5.69 Å². The Morgan fingerprint density at radius 2 is 1.76 bits per heavy atom. The van der Waals surface area contributed by atoms with E-state index in [1.807, 2.05) is 53.6 Å². The number of benzene rings is 2. The Kier molecular flexibility index (Phi) is 5.91. The van der Waals surface area contributed by atoms with Gasteiger partial charge in [-0.05, 0) is 48.7 Å². The maximum absolute atomic E-state index is 12.8. The summed E-state index contributed by atoms with van der Waals surface area (Å²) in [7, 11) is 1.63. The summed E-state index contributed by atoms with van der Waals surface area (Å²) in [6.45, 7) is 1.99. The molecular weight excluding hydrogens is 366 g/mol. The molecule has 0 saturated carbocycles. The fraction of sp³-hybridized carbons (Fsp3) is 0.304. The zero-order valence-corrected chi connectivity index (χ0v) is 16.5. The lowest BCUT2D eigenvalue weighted by molar-refractivity contribution is -0.000517. The van der Waals surface area contributed by atoms with Gasteiger partial charge in [0.2, 0.25) is 0 Å². The number of amides is 1. The number of rotatable bonds is 6. The van der Waals surface area contributed by atoms with Crippen molar-refractivity contribution >= 4 is 5.91 Å². The van der Waals surface area contributed by atoms with Crippen LogP contribution in [0.15, 0.2) is 66.9 Å². The number of hydrogen-bond donors (Lipinski definition) is 0. The number of hydrogen-bond acceptors (Lipinski definition) is 4. The molecule has 0 aliphatic carbocycles. The second kappa shape index (κ2) is 8.92. The predicted molar refractivity (Wildman–Crippen MR) is 110 cm³/mol. The number of likely N-dealkylation sites (tertiary alicyclic amines) is 1. The zero-order valence-electron chi connectivity index (χ0n) is 16.5. The molecule has 4 rings (SSSR count). The van der Waals surface area contributed by atoms with Crippen LogP contribution in [-0.2, 0) is 11.3 Å². The van der Waals surface area contributed by atoms with Crippen LogP contribution in [0.1, 0.15) is 28.9 Å². The van der Waals surface area contributed by atoms with Crippen molar-refractivity contribution in [1.82, 2.24) is 14.7 Å². The van der Waals surface area contributed by atoms with Crippen molar-refractivity contribution in [3.63, 3.8) is 0 Å².